The zero-order valence-corrected chi connectivity index (χ0v) is 11.5. The second-order valence-corrected chi connectivity index (χ2v) is 5.11. The molecule has 1 aliphatic rings. The third kappa shape index (κ3) is 5.03. The highest BCUT2D eigenvalue weighted by Gasteiger charge is 2.22. The second kappa shape index (κ2) is 7.65. The Balaban J connectivity index is 2.27. The van der Waals surface area contributed by atoms with E-state index in [0.29, 0.717) is 0 Å². The summed E-state index contributed by atoms with van der Waals surface area (Å²) in [5, 5.41) is 9.14. The minimum absolute atomic E-state index is 0.135. The Labute approximate surface area is 106 Å². The lowest BCUT2D eigenvalue weighted by atomic mass is 10.1. The molecule has 4 heteroatoms. The van der Waals surface area contributed by atoms with Crippen LogP contribution >= 0.6 is 0 Å². The predicted molar refractivity (Wildman–Crippen MR) is 70.9 cm³/mol. The quantitative estimate of drug-likeness (QED) is 0.687. The van der Waals surface area contributed by atoms with E-state index in [0.717, 1.165) is 52.1 Å². The van der Waals surface area contributed by atoms with Crippen molar-refractivity contribution in [2.24, 2.45) is 0 Å². The van der Waals surface area contributed by atoms with Gasteiger partial charge in [-0.25, -0.2) is 0 Å². The number of hydrogen-bond donors (Lipinski definition) is 0. The van der Waals surface area contributed by atoms with E-state index in [2.05, 4.69) is 41.8 Å². The van der Waals surface area contributed by atoms with Gasteiger partial charge in [0.05, 0.1) is 12.1 Å². The Kier molecular flexibility index (Phi) is 6.49. The summed E-state index contributed by atoms with van der Waals surface area (Å²) in [6.07, 6.45) is 2.10. The van der Waals surface area contributed by atoms with E-state index < -0.39 is 0 Å². The fourth-order valence-electron chi connectivity index (χ4n) is 2.24. The average Bonchev–Trinajstić information content (AvgIpc) is 2.34. The highest BCUT2D eigenvalue weighted by Crippen LogP contribution is 2.10. The number of nitrogens with zero attached hydrogens (tertiary/aromatic N) is 4. The van der Waals surface area contributed by atoms with Gasteiger partial charge in [0.1, 0.15) is 0 Å². The van der Waals surface area contributed by atoms with Crippen molar-refractivity contribution >= 4 is 0 Å². The number of rotatable bonds is 6. The Morgan fingerprint density at radius 3 is 2.35 bits per heavy atom. The van der Waals surface area contributed by atoms with Crippen LogP contribution in [0.1, 0.15) is 19.8 Å². The molecule has 0 N–H and O–H groups in total. The molecule has 0 aromatic heterocycles. The average molecular weight is 238 g/mol. The maximum absolute atomic E-state index is 9.14. The van der Waals surface area contributed by atoms with Gasteiger partial charge in [-0.2, -0.15) is 5.26 Å². The first-order valence-corrected chi connectivity index (χ1v) is 6.68. The largest absolute Gasteiger partial charge is 0.308 e. The van der Waals surface area contributed by atoms with Gasteiger partial charge in [-0.3, -0.25) is 9.80 Å². The molecule has 17 heavy (non-hydrogen) atoms. The Morgan fingerprint density at radius 2 is 1.88 bits per heavy atom. The van der Waals surface area contributed by atoms with Crippen LogP contribution in [0.25, 0.3) is 0 Å². The second-order valence-electron chi connectivity index (χ2n) is 5.11. The molecule has 0 aromatic rings. The normalized spacial score (nSPS) is 20.4. The van der Waals surface area contributed by atoms with Crippen LogP contribution in [0.5, 0.6) is 0 Å². The van der Waals surface area contributed by atoms with Crippen LogP contribution in [0.15, 0.2) is 0 Å². The zero-order valence-electron chi connectivity index (χ0n) is 11.5. The van der Waals surface area contributed by atoms with Gasteiger partial charge in [0.2, 0.25) is 0 Å². The third-order valence-corrected chi connectivity index (χ3v) is 3.42. The molecule has 1 saturated heterocycles. The van der Waals surface area contributed by atoms with E-state index in [1.54, 1.807) is 0 Å². The van der Waals surface area contributed by atoms with Crippen LogP contribution in [0.4, 0.5) is 0 Å². The van der Waals surface area contributed by atoms with Crippen molar-refractivity contribution in [1.82, 2.24) is 14.7 Å². The van der Waals surface area contributed by atoms with E-state index >= 15 is 0 Å². The molecule has 0 radical (unpaired) electrons. The lowest BCUT2D eigenvalue weighted by Crippen LogP contribution is -2.51. The first-order chi connectivity index (χ1) is 8.17. The summed E-state index contributed by atoms with van der Waals surface area (Å²) in [5.41, 5.74) is 0. The molecule has 4 nitrogen and oxygen atoms in total. The molecule has 98 valence electrons. The highest BCUT2D eigenvalue weighted by atomic mass is 15.3. The Bertz CT molecular complexity index is 238. The van der Waals surface area contributed by atoms with Gasteiger partial charge in [0, 0.05) is 39.3 Å². The van der Waals surface area contributed by atoms with Gasteiger partial charge in [-0.15, -0.1) is 0 Å². The van der Waals surface area contributed by atoms with Gasteiger partial charge >= 0.3 is 0 Å². The molecule has 1 unspecified atom stereocenters. The zero-order chi connectivity index (χ0) is 12.7. The van der Waals surface area contributed by atoms with E-state index in [9.17, 15) is 0 Å². The number of likely N-dealkylation sites (N-methyl/N-ethyl adjacent to an activating group) is 1. The van der Waals surface area contributed by atoms with E-state index in [-0.39, 0.29) is 6.04 Å². The van der Waals surface area contributed by atoms with Gasteiger partial charge in [-0.1, -0.05) is 13.3 Å². The van der Waals surface area contributed by atoms with Crippen LogP contribution < -0.4 is 0 Å². The fraction of sp³-hybridized carbons (Fsp3) is 0.923. The number of nitriles is 1. The molecule has 1 aliphatic heterocycles. The summed E-state index contributed by atoms with van der Waals surface area (Å²) < 4.78 is 0. The number of hydrogen-bond acceptors (Lipinski definition) is 4. The number of piperazine rings is 1. The molecule has 0 saturated carbocycles. The van der Waals surface area contributed by atoms with Gasteiger partial charge in [-0.05, 0) is 20.5 Å². The van der Waals surface area contributed by atoms with Crippen LogP contribution in [-0.2, 0) is 0 Å². The fourth-order valence-corrected chi connectivity index (χ4v) is 2.24. The molecular formula is C13H26N4. The molecule has 1 heterocycles. The molecule has 0 aliphatic carbocycles. The molecule has 1 fully saturated rings. The molecular weight excluding hydrogens is 212 g/mol. The highest BCUT2D eigenvalue weighted by molar-refractivity contribution is 4.93. The Morgan fingerprint density at radius 1 is 1.24 bits per heavy atom. The Hall–Kier alpha value is -0.630. The topological polar surface area (TPSA) is 33.5 Å². The lowest BCUT2D eigenvalue weighted by molar-refractivity contribution is 0.105. The standard InChI is InChI=1S/C13H26N4/c1-4-5-13(12-14)17-10-8-16(9-11-17)7-6-15(2)3/h13H,4-11H2,1-3H3. The summed E-state index contributed by atoms with van der Waals surface area (Å²) in [6, 6.07) is 2.57. The molecule has 1 rings (SSSR count). The molecule has 0 bridgehead atoms. The van der Waals surface area contributed by atoms with E-state index in [1.165, 1.54) is 0 Å². The van der Waals surface area contributed by atoms with Gasteiger partial charge in [0.15, 0.2) is 0 Å². The summed E-state index contributed by atoms with van der Waals surface area (Å²) in [4.78, 5) is 7.06. The van der Waals surface area contributed by atoms with Gasteiger partial charge < -0.3 is 4.90 Å². The molecule has 0 spiro atoms. The van der Waals surface area contributed by atoms with Crippen LogP contribution in [0, 0.1) is 11.3 Å². The maximum Gasteiger partial charge on any atom is 0.0978 e. The van der Waals surface area contributed by atoms with Crippen molar-refractivity contribution in [3.63, 3.8) is 0 Å². The summed E-state index contributed by atoms with van der Waals surface area (Å²) >= 11 is 0. The van der Waals surface area contributed by atoms with Crippen LogP contribution in [0.3, 0.4) is 0 Å². The first-order valence-electron chi connectivity index (χ1n) is 6.68. The van der Waals surface area contributed by atoms with Crippen molar-refractivity contribution in [2.75, 3.05) is 53.4 Å². The molecule has 0 amide bonds. The predicted octanol–water partition coefficient (Wildman–Crippen LogP) is 0.858. The van der Waals surface area contributed by atoms with Crippen molar-refractivity contribution in [3.8, 4) is 6.07 Å². The first kappa shape index (κ1) is 14.4. The monoisotopic (exact) mass is 238 g/mol. The molecule has 1 atom stereocenters. The summed E-state index contributed by atoms with van der Waals surface area (Å²) in [5.74, 6) is 0. The van der Waals surface area contributed by atoms with Crippen molar-refractivity contribution in [2.45, 2.75) is 25.8 Å². The maximum atomic E-state index is 9.14. The lowest BCUT2D eigenvalue weighted by Gasteiger charge is -2.37. The van der Waals surface area contributed by atoms with Crippen molar-refractivity contribution in [1.29, 1.82) is 5.26 Å². The van der Waals surface area contributed by atoms with E-state index in [4.69, 9.17) is 5.26 Å². The van der Waals surface area contributed by atoms with E-state index in [1.807, 2.05) is 0 Å². The molecule has 0 aromatic carbocycles. The third-order valence-electron chi connectivity index (χ3n) is 3.42. The SMILES string of the molecule is CCCC(C#N)N1CCN(CCN(C)C)CC1. The smallest absolute Gasteiger partial charge is 0.0978 e. The minimum Gasteiger partial charge on any atom is -0.308 e. The summed E-state index contributed by atoms with van der Waals surface area (Å²) in [6.45, 7) is 8.73. The van der Waals surface area contributed by atoms with Crippen molar-refractivity contribution < 1.29 is 0 Å². The van der Waals surface area contributed by atoms with Gasteiger partial charge in [0.25, 0.3) is 0 Å². The van der Waals surface area contributed by atoms with Crippen LogP contribution in [0.2, 0.25) is 0 Å². The van der Waals surface area contributed by atoms with Crippen LogP contribution in [-0.4, -0.2) is 74.1 Å². The summed E-state index contributed by atoms with van der Waals surface area (Å²) in [7, 11) is 4.23. The minimum atomic E-state index is 0.135. The van der Waals surface area contributed by atoms with Crippen molar-refractivity contribution in [3.05, 3.63) is 0 Å².